The third kappa shape index (κ3) is 5.59. The molecule has 3 N–H and O–H groups in total. The van der Waals surface area contributed by atoms with Gasteiger partial charge in [-0.3, -0.25) is 4.79 Å². The first-order valence-corrected chi connectivity index (χ1v) is 7.64. The number of aryl methyl sites for hydroxylation is 1. The van der Waals surface area contributed by atoms with Gasteiger partial charge in [0.25, 0.3) is 5.91 Å². The van der Waals surface area contributed by atoms with Gasteiger partial charge in [-0.05, 0) is 31.9 Å². The molecule has 0 aliphatic rings. The average Bonchev–Trinajstić information content (AvgIpc) is 2.42. The molecule has 0 saturated heterocycles. The number of amides is 1. The normalized spacial score (nSPS) is 12.2. The summed E-state index contributed by atoms with van der Waals surface area (Å²) in [7, 11) is 0. The quantitative estimate of drug-likeness (QED) is 0.716. The number of carbonyl (C=O) groups is 1. The summed E-state index contributed by atoms with van der Waals surface area (Å²) in [4.78, 5) is 16.4. The van der Waals surface area contributed by atoms with Gasteiger partial charge in [0, 0.05) is 17.3 Å². The molecule has 1 heterocycles. The molecule has 20 heavy (non-hydrogen) atoms. The van der Waals surface area contributed by atoms with E-state index in [0.29, 0.717) is 11.4 Å². The topological polar surface area (TPSA) is 68.0 Å². The standard InChI is InChI=1S/C16H27N3O/c1-4-6-7-8-9-12(3)18-16(20)13-10-14(5-2)19-15(17)11-13/h10-12H,4-9H2,1-3H3,(H2,17,19)(H,18,20). The summed E-state index contributed by atoms with van der Waals surface area (Å²) in [6, 6.07) is 3.65. The highest BCUT2D eigenvalue weighted by Gasteiger charge is 2.11. The highest BCUT2D eigenvalue weighted by Crippen LogP contribution is 2.10. The summed E-state index contributed by atoms with van der Waals surface area (Å²) in [5, 5.41) is 3.03. The monoisotopic (exact) mass is 277 g/mol. The van der Waals surface area contributed by atoms with Crippen LogP contribution in [0.5, 0.6) is 0 Å². The Bertz CT molecular complexity index is 432. The van der Waals surface area contributed by atoms with Gasteiger partial charge in [0.15, 0.2) is 0 Å². The Hall–Kier alpha value is -1.58. The van der Waals surface area contributed by atoms with E-state index in [-0.39, 0.29) is 11.9 Å². The Labute approximate surface area is 122 Å². The Morgan fingerprint density at radius 3 is 2.70 bits per heavy atom. The molecule has 4 nitrogen and oxygen atoms in total. The van der Waals surface area contributed by atoms with Gasteiger partial charge in [0.1, 0.15) is 5.82 Å². The van der Waals surface area contributed by atoms with E-state index in [1.807, 2.05) is 13.0 Å². The van der Waals surface area contributed by atoms with Crippen molar-refractivity contribution in [3.05, 3.63) is 23.4 Å². The Morgan fingerprint density at radius 1 is 1.30 bits per heavy atom. The summed E-state index contributed by atoms with van der Waals surface area (Å²) < 4.78 is 0. The number of hydrogen-bond acceptors (Lipinski definition) is 3. The molecule has 1 atom stereocenters. The smallest absolute Gasteiger partial charge is 0.251 e. The minimum Gasteiger partial charge on any atom is -0.384 e. The van der Waals surface area contributed by atoms with Crippen molar-refractivity contribution in [1.29, 1.82) is 0 Å². The second-order valence-corrected chi connectivity index (χ2v) is 5.35. The Morgan fingerprint density at radius 2 is 2.05 bits per heavy atom. The van der Waals surface area contributed by atoms with Crippen molar-refractivity contribution < 1.29 is 4.79 Å². The average molecular weight is 277 g/mol. The number of anilines is 1. The number of nitrogen functional groups attached to an aromatic ring is 1. The first-order chi connectivity index (χ1) is 9.56. The highest BCUT2D eigenvalue weighted by atomic mass is 16.1. The van der Waals surface area contributed by atoms with Crippen LogP contribution in [0.4, 0.5) is 5.82 Å². The molecule has 0 bridgehead atoms. The van der Waals surface area contributed by atoms with Gasteiger partial charge in [-0.25, -0.2) is 4.98 Å². The number of rotatable bonds is 8. The molecule has 0 aliphatic carbocycles. The molecule has 0 fully saturated rings. The fourth-order valence-electron chi connectivity index (χ4n) is 2.18. The van der Waals surface area contributed by atoms with Crippen LogP contribution in [0.3, 0.4) is 0 Å². The molecular weight excluding hydrogens is 250 g/mol. The van der Waals surface area contributed by atoms with E-state index in [9.17, 15) is 4.79 Å². The maximum Gasteiger partial charge on any atom is 0.251 e. The maximum absolute atomic E-state index is 12.2. The van der Waals surface area contributed by atoms with Crippen LogP contribution in [-0.4, -0.2) is 16.9 Å². The lowest BCUT2D eigenvalue weighted by molar-refractivity contribution is 0.0937. The van der Waals surface area contributed by atoms with Crippen LogP contribution in [0.25, 0.3) is 0 Å². The van der Waals surface area contributed by atoms with E-state index in [1.165, 1.54) is 19.3 Å². The lowest BCUT2D eigenvalue weighted by Gasteiger charge is -2.14. The molecule has 1 aromatic heterocycles. The highest BCUT2D eigenvalue weighted by molar-refractivity contribution is 5.95. The van der Waals surface area contributed by atoms with Crippen molar-refractivity contribution >= 4 is 11.7 Å². The van der Waals surface area contributed by atoms with Gasteiger partial charge in [-0.1, -0.05) is 39.5 Å². The molecule has 1 amide bonds. The number of hydrogen-bond donors (Lipinski definition) is 2. The van der Waals surface area contributed by atoms with E-state index in [0.717, 1.165) is 25.0 Å². The van der Waals surface area contributed by atoms with Crippen LogP contribution in [0.15, 0.2) is 12.1 Å². The van der Waals surface area contributed by atoms with Gasteiger partial charge >= 0.3 is 0 Å². The van der Waals surface area contributed by atoms with Crippen molar-refractivity contribution in [2.45, 2.75) is 65.3 Å². The zero-order valence-corrected chi connectivity index (χ0v) is 12.9. The third-order valence-electron chi connectivity index (χ3n) is 3.39. The molecule has 0 spiro atoms. The summed E-state index contributed by atoms with van der Waals surface area (Å²) in [5.41, 5.74) is 7.18. The summed E-state index contributed by atoms with van der Waals surface area (Å²) in [6.07, 6.45) is 6.69. The second kappa shape index (κ2) is 8.56. The summed E-state index contributed by atoms with van der Waals surface area (Å²) in [6.45, 7) is 6.25. The minimum atomic E-state index is -0.0585. The molecule has 0 radical (unpaired) electrons. The molecule has 1 rings (SSSR count). The van der Waals surface area contributed by atoms with E-state index in [2.05, 4.69) is 24.1 Å². The number of unbranched alkanes of at least 4 members (excludes halogenated alkanes) is 3. The number of pyridine rings is 1. The zero-order chi connectivity index (χ0) is 15.0. The van der Waals surface area contributed by atoms with E-state index < -0.39 is 0 Å². The SMILES string of the molecule is CCCCCCC(C)NC(=O)c1cc(N)nc(CC)c1. The van der Waals surface area contributed by atoms with Crippen molar-refractivity contribution in [3.8, 4) is 0 Å². The predicted molar refractivity (Wildman–Crippen MR) is 83.7 cm³/mol. The van der Waals surface area contributed by atoms with Crippen LogP contribution < -0.4 is 11.1 Å². The fraction of sp³-hybridized carbons (Fsp3) is 0.625. The zero-order valence-electron chi connectivity index (χ0n) is 12.9. The summed E-state index contributed by atoms with van der Waals surface area (Å²) >= 11 is 0. The van der Waals surface area contributed by atoms with Gasteiger partial charge in [-0.2, -0.15) is 0 Å². The van der Waals surface area contributed by atoms with Crippen LogP contribution >= 0.6 is 0 Å². The molecule has 0 aliphatic heterocycles. The molecule has 112 valence electrons. The van der Waals surface area contributed by atoms with Crippen molar-refractivity contribution in [2.24, 2.45) is 0 Å². The Kier molecular flexibility index (Phi) is 7.05. The van der Waals surface area contributed by atoms with E-state index in [1.54, 1.807) is 6.07 Å². The number of nitrogens with one attached hydrogen (secondary N) is 1. The number of carbonyl (C=O) groups excluding carboxylic acids is 1. The first-order valence-electron chi connectivity index (χ1n) is 7.64. The maximum atomic E-state index is 12.2. The van der Waals surface area contributed by atoms with Crippen LogP contribution in [0.2, 0.25) is 0 Å². The van der Waals surface area contributed by atoms with Crippen molar-refractivity contribution in [2.75, 3.05) is 5.73 Å². The molecule has 0 saturated carbocycles. The van der Waals surface area contributed by atoms with Crippen LogP contribution in [-0.2, 0) is 6.42 Å². The lowest BCUT2D eigenvalue weighted by atomic mass is 10.1. The fourth-order valence-corrected chi connectivity index (χ4v) is 2.18. The molecule has 1 aromatic rings. The van der Waals surface area contributed by atoms with Gasteiger partial charge in [-0.15, -0.1) is 0 Å². The molecule has 1 unspecified atom stereocenters. The molecule has 0 aromatic carbocycles. The minimum absolute atomic E-state index is 0.0585. The Balaban J connectivity index is 2.51. The predicted octanol–water partition coefficient (Wildman–Crippen LogP) is 3.31. The van der Waals surface area contributed by atoms with Crippen LogP contribution in [0, 0.1) is 0 Å². The van der Waals surface area contributed by atoms with Crippen molar-refractivity contribution in [3.63, 3.8) is 0 Å². The number of nitrogens with zero attached hydrogens (tertiary/aromatic N) is 1. The summed E-state index contributed by atoms with van der Waals surface area (Å²) in [5.74, 6) is 0.349. The van der Waals surface area contributed by atoms with Crippen molar-refractivity contribution in [1.82, 2.24) is 10.3 Å². The van der Waals surface area contributed by atoms with Gasteiger partial charge < -0.3 is 11.1 Å². The second-order valence-electron chi connectivity index (χ2n) is 5.35. The largest absolute Gasteiger partial charge is 0.384 e. The van der Waals surface area contributed by atoms with Crippen LogP contribution in [0.1, 0.15) is 68.9 Å². The van der Waals surface area contributed by atoms with E-state index in [4.69, 9.17) is 5.73 Å². The van der Waals surface area contributed by atoms with Gasteiger partial charge in [0.2, 0.25) is 0 Å². The molecular formula is C16H27N3O. The lowest BCUT2D eigenvalue weighted by Crippen LogP contribution is -2.32. The van der Waals surface area contributed by atoms with Gasteiger partial charge in [0.05, 0.1) is 0 Å². The third-order valence-corrected chi connectivity index (χ3v) is 3.39. The number of aromatic nitrogens is 1. The number of nitrogens with two attached hydrogens (primary N) is 1. The molecule has 4 heteroatoms. The first kappa shape index (κ1) is 16.5. The van der Waals surface area contributed by atoms with E-state index >= 15 is 0 Å².